The first kappa shape index (κ1) is 19.9. The Kier molecular flexibility index (Phi) is 4.97. The van der Waals surface area contributed by atoms with Gasteiger partial charge in [0.25, 0.3) is 11.5 Å². The molecule has 1 aliphatic rings. The van der Waals surface area contributed by atoms with Gasteiger partial charge in [-0.1, -0.05) is 6.07 Å². The Morgan fingerprint density at radius 3 is 2.73 bits per heavy atom. The number of fused-ring (bicyclic) bond motifs is 1. The summed E-state index contributed by atoms with van der Waals surface area (Å²) < 4.78 is 41.3. The summed E-state index contributed by atoms with van der Waals surface area (Å²) in [6.45, 7) is 1.83. The van der Waals surface area contributed by atoms with Crippen LogP contribution in [0.15, 0.2) is 47.3 Å². The van der Waals surface area contributed by atoms with Crippen molar-refractivity contribution in [3.05, 3.63) is 81.0 Å². The molecule has 2 heterocycles. The van der Waals surface area contributed by atoms with Crippen molar-refractivity contribution in [3.63, 3.8) is 0 Å². The Balaban J connectivity index is 1.67. The van der Waals surface area contributed by atoms with Crippen LogP contribution in [0.2, 0.25) is 0 Å². The van der Waals surface area contributed by atoms with E-state index in [0.717, 1.165) is 35.5 Å². The molecule has 0 unspecified atom stereocenters. The molecule has 3 aromatic rings. The van der Waals surface area contributed by atoms with Crippen molar-refractivity contribution in [2.45, 2.75) is 38.4 Å². The second-order valence-electron chi connectivity index (χ2n) is 7.30. The minimum Gasteiger partial charge on any atom is -0.344 e. The van der Waals surface area contributed by atoms with E-state index in [-0.39, 0.29) is 11.7 Å². The van der Waals surface area contributed by atoms with Crippen LogP contribution in [-0.4, -0.2) is 20.7 Å². The van der Waals surface area contributed by atoms with E-state index in [1.807, 2.05) is 17.6 Å². The lowest BCUT2D eigenvalue weighted by Gasteiger charge is -2.25. The standard InChI is InChI=1S/C21H19F3N4O2/c1-12-10-15-16(25-20(30)17-8-9-19(29)27-26-17)6-3-7-18(15)28(12)14-5-2-4-13(11-14)21(22,23)24/h2,4-5,8-11,16H,3,6-7H2,1H3,(H,25,30)(H,27,29)/t16-/m0/s1. The highest BCUT2D eigenvalue weighted by Gasteiger charge is 2.32. The Morgan fingerprint density at radius 2 is 2.03 bits per heavy atom. The molecule has 1 aromatic carbocycles. The number of carbonyl (C=O) groups excluding carboxylic acids is 1. The van der Waals surface area contributed by atoms with Gasteiger partial charge in [-0.15, -0.1) is 0 Å². The second-order valence-corrected chi connectivity index (χ2v) is 7.30. The molecule has 0 radical (unpaired) electrons. The van der Waals surface area contributed by atoms with Gasteiger partial charge in [0.2, 0.25) is 0 Å². The third kappa shape index (κ3) is 3.74. The maximum Gasteiger partial charge on any atom is 0.416 e. The van der Waals surface area contributed by atoms with E-state index in [1.54, 1.807) is 6.07 Å². The molecule has 0 fully saturated rings. The molecule has 1 aliphatic carbocycles. The van der Waals surface area contributed by atoms with Crippen LogP contribution in [0.5, 0.6) is 0 Å². The summed E-state index contributed by atoms with van der Waals surface area (Å²) in [7, 11) is 0. The van der Waals surface area contributed by atoms with Crippen molar-refractivity contribution in [1.82, 2.24) is 20.1 Å². The van der Waals surface area contributed by atoms with Crippen molar-refractivity contribution in [2.24, 2.45) is 0 Å². The maximum atomic E-state index is 13.2. The van der Waals surface area contributed by atoms with Crippen LogP contribution in [0, 0.1) is 6.92 Å². The highest BCUT2D eigenvalue weighted by molar-refractivity contribution is 5.92. The molecule has 0 aliphatic heterocycles. The molecular weight excluding hydrogens is 397 g/mol. The third-order valence-electron chi connectivity index (χ3n) is 5.25. The molecular formula is C21H19F3N4O2. The summed E-state index contributed by atoms with van der Waals surface area (Å²) in [5.41, 5.74) is 2.00. The molecule has 2 aromatic heterocycles. The Labute approximate surface area is 169 Å². The van der Waals surface area contributed by atoms with Gasteiger partial charge in [0.1, 0.15) is 5.69 Å². The Morgan fingerprint density at radius 1 is 1.23 bits per heavy atom. The zero-order chi connectivity index (χ0) is 21.5. The van der Waals surface area contributed by atoms with E-state index in [9.17, 15) is 22.8 Å². The summed E-state index contributed by atoms with van der Waals surface area (Å²) in [6.07, 6.45) is -2.24. The highest BCUT2D eigenvalue weighted by atomic mass is 19.4. The molecule has 1 amide bonds. The predicted octanol–water partition coefficient (Wildman–Crippen LogP) is 3.70. The Hall–Kier alpha value is -3.36. The number of carbonyl (C=O) groups is 1. The summed E-state index contributed by atoms with van der Waals surface area (Å²) in [5.74, 6) is -0.423. The van der Waals surface area contributed by atoms with Gasteiger partial charge in [0, 0.05) is 23.1 Å². The number of aromatic amines is 1. The van der Waals surface area contributed by atoms with Crippen LogP contribution in [0.25, 0.3) is 5.69 Å². The largest absolute Gasteiger partial charge is 0.416 e. The molecule has 4 rings (SSSR count). The lowest BCUT2D eigenvalue weighted by atomic mass is 9.92. The van der Waals surface area contributed by atoms with E-state index < -0.39 is 23.2 Å². The van der Waals surface area contributed by atoms with E-state index in [0.29, 0.717) is 18.5 Å². The molecule has 0 saturated carbocycles. The number of H-pyrrole nitrogens is 1. The van der Waals surface area contributed by atoms with E-state index in [1.165, 1.54) is 18.2 Å². The lowest BCUT2D eigenvalue weighted by Crippen LogP contribution is -2.32. The maximum absolute atomic E-state index is 13.2. The molecule has 2 N–H and O–H groups in total. The molecule has 6 nitrogen and oxygen atoms in total. The number of nitrogens with zero attached hydrogens (tertiary/aromatic N) is 2. The van der Waals surface area contributed by atoms with Crippen LogP contribution in [0.4, 0.5) is 13.2 Å². The average Bonchev–Trinajstić information content (AvgIpc) is 3.05. The predicted molar refractivity (Wildman–Crippen MR) is 104 cm³/mol. The van der Waals surface area contributed by atoms with Crippen molar-refractivity contribution >= 4 is 5.91 Å². The van der Waals surface area contributed by atoms with Crippen molar-refractivity contribution in [3.8, 4) is 5.69 Å². The number of nitrogens with one attached hydrogen (secondary N) is 2. The second kappa shape index (κ2) is 7.47. The number of aromatic nitrogens is 3. The van der Waals surface area contributed by atoms with Crippen LogP contribution in [0.3, 0.4) is 0 Å². The topological polar surface area (TPSA) is 79.8 Å². The van der Waals surface area contributed by atoms with Gasteiger partial charge < -0.3 is 9.88 Å². The summed E-state index contributed by atoms with van der Waals surface area (Å²) >= 11 is 0. The smallest absolute Gasteiger partial charge is 0.344 e. The van der Waals surface area contributed by atoms with Gasteiger partial charge in [-0.2, -0.15) is 18.3 Å². The first-order valence-corrected chi connectivity index (χ1v) is 9.49. The monoisotopic (exact) mass is 416 g/mol. The van der Waals surface area contributed by atoms with Crippen molar-refractivity contribution in [2.75, 3.05) is 0 Å². The zero-order valence-corrected chi connectivity index (χ0v) is 16.1. The van der Waals surface area contributed by atoms with Crippen LogP contribution in [0.1, 0.15) is 51.9 Å². The van der Waals surface area contributed by atoms with Crippen LogP contribution < -0.4 is 10.9 Å². The quantitative estimate of drug-likeness (QED) is 0.683. The van der Waals surface area contributed by atoms with Gasteiger partial charge in [0.15, 0.2) is 0 Å². The number of aryl methyl sites for hydroxylation is 1. The van der Waals surface area contributed by atoms with Crippen LogP contribution >= 0.6 is 0 Å². The number of rotatable bonds is 3. The van der Waals surface area contributed by atoms with Crippen molar-refractivity contribution in [1.29, 1.82) is 0 Å². The fourth-order valence-electron chi connectivity index (χ4n) is 3.94. The normalized spacial score (nSPS) is 16.2. The SMILES string of the molecule is Cc1cc2c(n1-c1cccc(C(F)(F)F)c1)CCC[C@@H]2NC(=O)c1ccc(=O)[nH]n1. The van der Waals surface area contributed by atoms with Gasteiger partial charge in [0.05, 0.1) is 11.6 Å². The fourth-order valence-corrected chi connectivity index (χ4v) is 3.94. The number of hydrogen-bond donors (Lipinski definition) is 2. The summed E-state index contributed by atoms with van der Waals surface area (Å²) in [6, 6.07) is 9.41. The van der Waals surface area contributed by atoms with Crippen molar-refractivity contribution < 1.29 is 18.0 Å². The average molecular weight is 416 g/mol. The first-order valence-electron chi connectivity index (χ1n) is 9.49. The third-order valence-corrected chi connectivity index (χ3v) is 5.25. The molecule has 1 atom stereocenters. The zero-order valence-electron chi connectivity index (χ0n) is 16.1. The summed E-state index contributed by atoms with van der Waals surface area (Å²) in [4.78, 5) is 23.7. The summed E-state index contributed by atoms with van der Waals surface area (Å²) in [5, 5.41) is 8.89. The number of amides is 1. The minimum absolute atomic E-state index is 0.0933. The number of hydrogen-bond acceptors (Lipinski definition) is 3. The number of benzene rings is 1. The molecule has 156 valence electrons. The van der Waals surface area contributed by atoms with Gasteiger partial charge in [-0.05, 0) is 62.1 Å². The van der Waals surface area contributed by atoms with Gasteiger partial charge >= 0.3 is 6.18 Å². The molecule has 0 spiro atoms. The van der Waals surface area contributed by atoms with Gasteiger partial charge in [-0.25, -0.2) is 5.10 Å². The van der Waals surface area contributed by atoms with E-state index in [2.05, 4.69) is 15.5 Å². The lowest BCUT2D eigenvalue weighted by molar-refractivity contribution is -0.137. The molecule has 30 heavy (non-hydrogen) atoms. The minimum atomic E-state index is -4.42. The van der Waals surface area contributed by atoms with E-state index in [4.69, 9.17) is 0 Å². The molecule has 9 heteroatoms. The molecule has 0 saturated heterocycles. The number of alkyl halides is 3. The fraction of sp³-hybridized carbons (Fsp3) is 0.286. The first-order chi connectivity index (χ1) is 14.2. The van der Waals surface area contributed by atoms with Gasteiger partial charge in [-0.3, -0.25) is 9.59 Å². The Bertz CT molecular complexity index is 1140. The molecule has 0 bridgehead atoms. The van der Waals surface area contributed by atoms with E-state index >= 15 is 0 Å². The highest BCUT2D eigenvalue weighted by Crippen LogP contribution is 2.36. The number of halogens is 3. The van der Waals surface area contributed by atoms with Crippen LogP contribution in [-0.2, 0) is 12.6 Å².